The quantitative estimate of drug-likeness (QED) is 0.306. The molecule has 0 fully saturated rings. The number of aliphatic hydroxyl groups excluding tert-OH is 3. The molecule has 0 aromatic rings. The van der Waals surface area contributed by atoms with Crippen LogP contribution in [-0.4, -0.2) is 61.8 Å². The predicted octanol–water partition coefficient (Wildman–Crippen LogP) is -7.46. The maximum Gasteiger partial charge on any atom is 1.00 e. The summed E-state index contributed by atoms with van der Waals surface area (Å²) in [6, 6.07) is 0. The molecule has 0 amide bonds. The molecule has 9 heteroatoms. The molecule has 4 atom stereocenters. The van der Waals surface area contributed by atoms with Crippen molar-refractivity contribution in [1.29, 1.82) is 0 Å². The molecule has 0 bridgehead atoms. The van der Waals surface area contributed by atoms with Crippen LogP contribution in [0.5, 0.6) is 0 Å². The second-order valence-corrected chi connectivity index (χ2v) is 3.71. The van der Waals surface area contributed by atoms with Crippen molar-refractivity contribution >= 4 is 22.0 Å². The Hall–Kier alpha value is 0.197. The molecule has 16 heavy (non-hydrogen) atoms. The Balaban J connectivity index is 0. The number of aliphatic carboxylic acids is 1. The van der Waals surface area contributed by atoms with E-state index in [1.807, 2.05) is 0 Å². The first-order chi connectivity index (χ1) is 6.95. The molecule has 88 valence electrons. The summed E-state index contributed by atoms with van der Waals surface area (Å²) in [5.41, 5.74) is 0. The van der Waals surface area contributed by atoms with Crippen molar-refractivity contribution in [3.63, 3.8) is 0 Å². The molecule has 0 aliphatic carbocycles. The van der Waals surface area contributed by atoms with E-state index >= 15 is 0 Å². The normalized spacial score (nSPS) is 18.5. The monoisotopic (exact) mass is 260 g/mol. The van der Waals surface area contributed by atoms with Gasteiger partial charge < -0.3 is 34.4 Å². The molecule has 0 saturated heterocycles. The van der Waals surface area contributed by atoms with E-state index in [4.69, 9.17) is 14.6 Å². The average molecular weight is 260 g/mol. The van der Waals surface area contributed by atoms with Gasteiger partial charge in [-0.15, -0.1) is 0 Å². The van der Waals surface area contributed by atoms with Crippen LogP contribution in [0, 0.1) is 0 Å². The minimum Gasteiger partial charge on any atom is -0.547 e. The van der Waals surface area contributed by atoms with Crippen LogP contribution in [-0.2, 0) is 14.0 Å². The Kier molecular flexibility index (Phi) is 10.7. The summed E-state index contributed by atoms with van der Waals surface area (Å²) in [6.07, 6.45) is -7.16. The van der Waals surface area contributed by atoms with Crippen molar-refractivity contribution in [2.24, 2.45) is 0 Å². The van der Waals surface area contributed by atoms with Crippen LogP contribution in [0.3, 0.4) is 0 Å². The molecule has 0 aromatic carbocycles. The molecular weight excluding hydrogens is 247 g/mol. The van der Waals surface area contributed by atoms with E-state index in [0.29, 0.717) is 0 Å². The van der Waals surface area contributed by atoms with Crippen molar-refractivity contribution in [3.05, 3.63) is 0 Å². The number of carboxylic acid groups (broad SMARTS) is 1. The molecular formula is C7H13NaO7Si. The van der Waals surface area contributed by atoms with Gasteiger partial charge in [-0.3, -0.25) is 0 Å². The van der Waals surface area contributed by atoms with E-state index in [1.165, 1.54) is 0 Å². The van der Waals surface area contributed by atoms with Gasteiger partial charge >= 0.3 is 29.6 Å². The van der Waals surface area contributed by atoms with Crippen molar-refractivity contribution in [3.8, 4) is 0 Å². The van der Waals surface area contributed by atoms with Crippen molar-refractivity contribution in [2.75, 3.05) is 0 Å². The third kappa shape index (κ3) is 5.50. The van der Waals surface area contributed by atoms with Crippen molar-refractivity contribution in [1.82, 2.24) is 0 Å². The SMILES string of the molecule is C[SiH2]O[C@H](C=O)[C@@H](O)[C@H](O)[C@H](O)C(=O)[O-].[Na+]. The molecule has 0 aromatic heterocycles. The number of carbonyl (C=O) groups is 2. The van der Waals surface area contributed by atoms with Gasteiger partial charge in [0.15, 0.2) is 9.76 Å². The summed E-state index contributed by atoms with van der Waals surface area (Å²) in [6.45, 7) is 1.69. The largest absolute Gasteiger partial charge is 1.00 e. The fourth-order valence-electron chi connectivity index (χ4n) is 0.931. The standard InChI is InChI=1S/C7H14O7Si.Na/c1-15-14-3(2-8)4(9)5(10)6(11)7(12)13;/h2-6,9-11H,15H2,1H3,(H,12,13);/q;+1/p-1/t3-,4-,5+,6+;/m1./s1. The number of rotatable bonds is 7. The molecule has 0 heterocycles. The van der Waals surface area contributed by atoms with Crippen LogP contribution in [0.2, 0.25) is 6.55 Å². The van der Waals surface area contributed by atoms with Crippen LogP contribution in [0.4, 0.5) is 0 Å². The molecule has 0 spiro atoms. The van der Waals surface area contributed by atoms with E-state index < -0.39 is 40.1 Å². The number of aliphatic hydroxyl groups is 3. The van der Waals surface area contributed by atoms with Crippen molar-refractivity contribution < 1.29 is 64.0 Å². The Bertz CT molecular complexity index is 227. The second kappa shape index (κ2) is 9.25. The second-order valence-electron chi connectivity index (χ2n) is 2.80. The Morgan fingerprint density at radius 2 is 1.88 bits per heavy atom. The first-order valence-corrected chi connectivity index (χ1v) is 6.26. The fraction of sp³-hybridized carbons (Fsp3) is 0.714. The number of carbonyl (C=O) groups excluding carboxylic acids is 2. The van der Waals surface area contributed by atoms with Crippen LogP contribution in [0.25, 0.3) is 0 Å². The first-order valence-electron chi connectivity index (χ1n) is 4.27. The maximum absolute atomic E-state index is 10.4. The van der Waals surface area contributed by atoms with E-state index in [1.54, 1.807) is 6.55 Å². The van der Waals surface area contributed by atoms with Gasteiger partial charge in [0, 0.05) is 0 Å². The molecule has 0 radical (unpaired) electrons. The van der Waals surface area contributed by atoms with E-state index in [9.17, 15) is 19.8 Å². The molecule has 3 N–H and O–H groups in total. The molecule has 7 nitrogen and oxygen atoms in total. The topological polar surface area (TPSA) is 127 Å². The number of hydrogen-bond acceptors (Lipinski definition) is 7. The number of carboxylic acids is 1. The van der Waals surface area contributed by atoms with Gasteiger partial charge in [0.05, 0.1) is 5.97 Å². The van der Waals surface area contributed by atoms with Gasteiger partial charge in [0.1, 0.15) is 30.7 Å². The Morgan fingerprint density at radius 3 is 2.19 bits per heavy atom. The van der Waals surface area contributed by atoms with Gasteiger partial charge in [0.25, 0.3) is 0 Å². The zero-order chi connectivity index (χ0) is 12.0. The minimum absolute atomic E-state index is 0. The van der Waals surface area contributed by atoms with E-state index in [2.05, 4.69) is 0 Å². The van der Waals surface area contributed by atoms with Crippen LogP contribution < -0.4 is 34.7 Å². The Morgan fingerprint density at radius 1 is 1.38 bits per heavy atom. The smallest absolute Gasteiger partial charge is 0.547 e. The molecule has 0 unspecified atom stereocenters. The molecule has 0 rings (SSSR count). The van der Waals surface area contributed by atoms with Crippen LogP contribution >= 0.6 is 0 Å². The summed E-state index contributed by atoms with van der Waals surface area (Å²) < 4.78 is 4.84. The van der Waals surface area contributed by atoms with Crippen LogP contribution in [0.15, 0.2) is 0 Å². The van der Waals surface area contributed by atoms with Gasteiger partial charge in [-0.1, -0.05) is 6.55 Å². The molecule has 0 aliphatic heterocycles. The van der Waals surface area contributed by atoms with Gasteiger partial charge in [-0.25, -0.2) is 0 Å². The van der Waals surface area contributed by atoms with E-state index in [-0.39, 0.29) is 35.8 Å². The molecule has 0 saturated carbocycles. The third-order valence-corrected chi connectivity index (χ3v) is 2.46. The van der Waals surface area contributed by atoms with Crippen molar-refractivity contribution in [2.45, 2.75) is 31.0 Å². The summed E-state index contributed by atoms with van der Waals surface area (Å²) in [5.74, 6) is -1.93. The third-order valence-electron chi connectivity index (χ3n) is 1.74. The van der Waals surface area contributed by atoms with Gasteiger partial charge in [0.2, 0.25) is 0 Å². The summed E-state index contributed by atoms with van der Waals surface area (Å²) in [7, 11) is -1.01. The minimum atomic E-state index is -2.26. The number of aldehydes is 1. The average Bonchev–Trinajstić information content (AvgIpc) is 2.22. The van der Waals surface area contributed by atoms with Crippen LogP contribution in [0.1, 0.15) is 0 Å². The zero-order valence-electron chi connectivity index (χ0n) is 9.07. The fourth-order valence-corrected chi connectivity index (χ4v) is 1.59. The summed E-state index contributed by atoms with van der Waals surface area (Å²) in [5, 5.41) is 37.4. The predicted molar refractivity (Wildman–Crippen MR) is 48.4 cm³/mol. The Labute approximate surface area is 117 Å². The zero-order valence-corrected chi connectivity index (χ0v) is 12.5. The van der Waals surface area contributed by atoms with Gasteiger partial charge in [-0.2, -0.15) is 0 Å². The summed E-state index contributed by atoms with van der Waals surface area (Å²) >= 11 is 0. The number of hydrogen-bond donors (Lipinski definition) is 3. The first kappa shape index (κ1) is 18.6. The van der Waals surface area contributed by atoms with Gasteiger partial charge in [-0.05, 0) is 0 Å². The maximum atomic E-state index is 10.4. The molecule has 0 aliphatic rings. The summed E-state index contributed by atoms with van der Waals surface area (Å²) in [4.78, 5) is 20.6. The van der Waals surface area contributed by atoms with E-state index in [0.717, 1.165) is 0 Å².